The van der Waals surface area contributed by atoms with Crippen molar-refractivity contribution in [3.63, 3.8) is 0 Å². The van der Waals surface area contributed by atoms with Crippen molar-refractivity contribution in [2.24, 2.45) is 0 Å². The van der Waals surface area contributed by atoms with Crippen LogP contribution in [0.3, 0.4) is 0 Å². The summed E-state index contributed by atoms with van der Waals surface area (Å²) in [6.07, 6.45) is 0. The number of hydrogen-bond donors (Lipinski definition) is 1. The summed E-state index contributed by atoms with van der Waals surface area (Å²) in [5, 5.41) is 3.82. The maximum atomic E-state index is 4.49. The van der Waals surface area contributed by atoms with E-state index in [9.17, 15) is 0 Å². The molecule has 0 amide bonds. The minimum absolute atomic E-state index is 0.665. The van der Waals surface area contributed by atoms with Crippen molar-refractivity contribution in [1.82, 2.24) is 19.9 Å². The third-order valence-corrected chi connectivity index (χ3v) is 3.94. The Bertz CT molecular complexity index is 604. The zero-order valence-electron chi connectivity index (χ0n) is 12.5. The first-order valence-corrected chi connectivity index (χ1v) is 7.45. The standard InChI is InChI=1S/C14H19N5S/c1-8-6-12(15-5)19-13(16-8)7-20-14-17-10(3)9(2)11(4)18-14/h6H,7H2,1-5H3,(H,15,16,19). The summed E-state index contributed by atoms with van der Waals surface area (Å²) in [5.74, 6) is 2.29. The Morgan fingerprint density at radius 1 is 1.00 bits per heavy atom. The monoisotopic (exact) mass is 289 g/mol. The highest BCUT2D eigenvalue weighted by molar-refractivity contribution is 7.98. The van der Waals surface area contributed by atoms with Crippen LogP contribution in [0.4, 0.5) is 5.82 Å². The molecule has 6 heteroatoms. The van der Waals surface area contributed by atoms with E-state index >= 15 is 0 Å². The molecule has 2 heterocycles. The van der Waals surface area contributed by atoms with Gasteiger partial charge in [-0.15, -0.1) is 0 Å². The largest absolute Gasteiger partial charge is 0.373 e. The molecule has 0 spiro atoms. The fraction of sp³-hybridized carbons (Fsp3) is 0.429. The molecular weight excluding hydrogens is 270 g/mol. The van der Waals surface area contributed by atoms with Gasteiger partial charge in [0.05, 0.1) is 5.75 Å². The van der Waals surface area contributed by atoms with E-state index in [1.807, 2.05) is 40.8 Å². The second-order valence-corrected chi connectivity index (χ2v) is 5.59. The third-order valence-electron chi connectivity index (χ3n) is 3.10. The molecule has 2 aromatic heterocycles. The fourth-order valence-corrected chi connectivity index (χ4v) is 2.55. The van der Waals surface area contributed by atoms with Gasteiger partial charge in [0.25, 0.3) is 0 Å². The predicted molar refractivity (Wildman–Crippen MR) is 82.1 cm³/mol. The van der Waals surface area contributed by atoms with Crippen molar-refractivity contribution in [3.05, 3.63) is 34.5 Å². The molecule has 0 unspecified atom stereocenters. The van der Waals surface area contributed by atoms with E-state index in [1.165, 1.54) is 0 Å². The van der Waals surface area contributed by atoms with E-state index in [0.717, 1.165) is 39.4 Å². The van der Waals surface area contributed by atoms with Gasteiger partial charge in [0.2, 0.25) is 0 Å². The highest BCUT2D eigenvalue weighted by Gasteiger charge is 2.07. The van der Waals surface area contributed by atoms with Crippen LogP contribution in [0.25, 0.3) is 0 Å². The van der Waals surface area contributed by atoms with Crippen molar-refractivity contribution < 1.29 is 0 Å². The molecule has 0 fully saturated rings. The number of thioether (sulfide) groups is 1. The van der Waals surface area contributed by atoms with E-state index in [0.29, 0.717) is 5.75 Å². The van der Waals surface area contributed by atoms with Gasteiger partial charge in [-0.2, -0.15) is 0 Å². The minimum Gasteiger partial charge on any atom is -0.373 e. The van der Waals surface area contributed by atoms with Crippen LogP contribution >= 0.6 is 11.8 Å². The lowest BCUT2D eigenvalue weighted by molar-refractivity contribution is 0.878. The van der Waals surface area contributed by atoms with Gasteiger partial charge in [0.15, 0.2) is 5.16 Å². The molecule has 0 saturated carbocycles. The number of nitrogens with zero attached hydrogens (tertiary/aromatic N) is 4. The second-order valence-electron chi connectivity index (χ2n) is 4.65. The van der Waals surface area contributed by atoms with Crippen LogP contribution < -0.4 is 5.32 Å². The maximum absolute atomic E-state index is 4.49. The summed E-state index contributed by atoms with van der Waals surface area (Å²) < 4.78 is 0. The van der Waals surface area contributed by atoms with E-state index < -0.39 is 0 Å². The smallest absolute Gasteiger partial charge is 0.188 e. The lowest BCUT2D eigenvalue weighted by Crippen LogP contribution is -2.02. The Hall–Kier alpha value is -1.69. The SMILES string of the molecule is CNc1cc(C)nc(CSc2nc(C)c(C)c(C)n2)n1. The zero-order chi connectivity index (χ0) is 14.7. The molecule has 2 rings (SSSR count). The summed E-state index contributed by atoms with van der Waals surface area (Å²) in [6, 6.07) is 1.92. The zero-order valence-corrected chi connectivity index (χ0v) is 13.3. The van der Waals surface area contributed by atoms with Crippen molar-refractivity contribution in [3.8, 4) is 0 Å². The summed E-state index contributed by atoms with van der Waals surface area (Å²) in [6.45, 7) is 8.03. The highest BCUT2D eigenvalue weighted by Crippen LogP contribution is 2.20. The number of hydrogen-bond acceptors (Lipinski definition) is 6. The van der Waals surface area contributed by atoms with Gasteiger partial charge in [0.1, 0.15) is 11.6 Å². The van der Waals surface area contributed by atoms with E-state index in [2.05, 4.69) is 25.3 Å². The second kappa shape index (κ2) is 6.17. The average Bonchev–Trinajstić information content (AvgIpc) is 2.41. The van der Waals surface area contributed by atoms with Crippen molar-refractivity contribution in [2.75, 3.05) is 12.4 Å². The number of nitrogens with one attached hydrogen (secondary N) is 1. The van der Waals surface area contributed by atoms with Gasteiger partial charge >= 0.3 is 0 Å². The van der Waals surface area contributed by atoms with E-state index in [-0.39, 0.29) is 0 Å². The van der Waals surface area contributed by atoms with Crippen molar-refractivity contribution >= 4 is 17.6 Å². The number of rotatable bonds is 4. The van der Waals surface area contributed by atoms with Crippen LogP contribution in [-0.4, -0.2) is 27.0 Å². The van der Waals surface area contributed by atoms with Crippen LogP contribution in [0.2, 0.25) is 0 Å². The predicted octanol–water partition coefficient (Wildman–Crippen LogP) is 2.83. The normalized spacial score (nSPS) is 10.7. The lowest BCUT2D eigenvalue weighted by atomic mass is 10.2. The van der Waals surface area contributed by atoms with Crippen LogP contribution in [0.5, 0.6) is 0 Å². The van der Waals surface area contributed by atoms with Gasteiger partial charge in [-0.25, -0.2) is 19.9 Å². The van der Waals surface area contributed by atoms with Crippen LogP contribution in [0, 0.1) is 27.7 Å². The molecule has 0 radical (unpaired) electrons. The first-order chi connectivity index (χ1) is 9.49. The molecule has 2 aromatic rings. The quantitative estimate of drug-likeness (QED) is 0.690. The van der Waals surface area contributed by atoms with Crippen molar-refractivity contribution in [2.45, 2.75) is 38.6 Å². The van der Waals surface area contributed by atoms with Gasteiger partial charge in [-0.3, -0.25) is 0 Å². The lowest BCUT2D eigenvalue weighted by Gasteiger charge is -2.07. The number of anilines is 1. The highest BCUT2D eigenvalue weighted by atomic mass is 32.2. The van der Waals surface area contributed by atoms with Crippen molar-refractivity contribution in [1.29, 1.82) is 0 Å². The summed E-state index contributed by atoms with van der Waals surface area (Å²) in [5.41, 5.74) is 4.16. The molecule has 0 aliphatic carbocycles. The Labute approximate surface area is 123 Å². The maximum Gasteiger partial charge on any atom is 0.188 e. The molecule has 106 valence electrons. The average molecular weight is 289 g/mol. The van der Waals surface area contributed by atoms with Crippen LogP contribution in [0.15, 0.2) is 11.2 Å². The first kappa shape index (κ1) is 14.7. The molecule has 0 atom stereocenters. The Kier molecular flexibility index (Phi) is 4.54. The van der Waals surface area contributed by atoms with E-state index in [1.54, 1.807) is 11.8 Å². The minimum atomic E-state index is 0.665. The number of aromatic nitrogens is 4. The van der Waals surface area contributed by atoms with Gasteiger partial charge in [-0.1, -0.05) is 11.8 Å². The third kappa shape index (κ3) is 3.45. The Balaban J connectivity index is 2.14. The molecule has 1 N–H and O–H groups in total. The number of aryl methyl sites for hydroxylation is 3. The summed E-state index contributed by atoms with van der Waals surface area (Å²) in [4.78, 5) is 17.9. The molecular formula is C14H19N5S. The molecule has 5 nitrogen and oxygen atoms in total. The topological polar surface area (TPSA) is 63.6 Å². The molecule has 0 bridgehead atoms. The van der Waals surface area contributed by atoms with E-state index in [4.69, 9.17) is 0 Å². The van der Waals surface area contributed by atoms with Gasteiger partial charge < -0.3 is 5.32 Å². The summed E-state index contributed by atoms with van der Waals surface area (Å²) in [7, 11) is 1.86. The first-order valence-electron chi connectivity index (χ1n) is 6.46. The fourth-order valence-electron chi connectivity index (χ4n) is 1.76. The van der Waals surface area contributed by atoms with Crippen LogP contribution in [0.1, 0.15) is 28.5 Å². The van der Waals surface area contributed by atoms with Crippen LogP contribution in [-0.2, 0) is 5.75 Å². The molecule has 0 saturated heterocycles. The summed E-state index contributed by atoms with van der Waals surface area (Å²) >= 11 is 1.56. The van der Waals surface area contributed by atoms with Gasteiger partial charge in [0, 0.05) is 30.2 Å². The molecule has 0 aliphatic heterocycles. The Morgan fingerprint density at radius 2 is 1.65 bits per heavy atom. The molecule has 0 aliphatic rings. The Morgan fingerprint density at radius 3 is 2.25 bits per heavy atom. The molecule has 20 heavy (non-hydrogen) atoms. The molecule has 0 aromatic carbocycles. The van der Waals surface area contributed by atoms with Gasteiger partial charge in [-0.05, 0) is 33.3 Å².